The van der Waals surface area contributed by atoms with Gasteiger partial charge in [-0.05, 0) is 31.2 Å². The summed E-state index contributed by atoms with van der Waals surface area (Å²) in [5.41, 5.74) is 1.89. The van der Waals surface area contributed by atoms with Crippen LogP contribution in [0.15, 0.2) is 51.5 Å². The van der Waals surface area contributed by atoms with E-state index in [4.69, 9.17) is 8.83 Å². The third-order valence-corrected chi connectivity index (χ3v) is 4.49. The SMILES string of the molecule is Cc1ccc(-c2nnc(C(=O)N3CCN(C(=O)c4ccco4)CC3)o2)cc1. The fourth-order valence-electron chi connectivity index (χ4n) is 2.93. The van der Waals surface area contributed by atoms with Gasteiger partial charge in [0, 0.05) is 31.7 Å². The number of carbonyl (C=O) groups is 2. The van der Waals surface area contributed by atoms with Crippen LogP contribution >= 0.6 is 0 Å². The van der Waals surface area contributed by atoms with Crippen molar-refractivity contribution in [2.45, 2.75) is 6.92 Å². The summed E-state index contributed by atoms with van der Waals surface area (Å²) in [6, 6.07) is 10.9. The largest absolute Gasteiger partial charge is 0.459 e. The number of furan rings is 1. The molecule has 0 aliphatic carbocycles. The van der Waals surface area contributed by atoms with E-state index in [0.29, 0.717) is 37.8 Å². The molecule has 138 valence electrons. The van der Waals surface area contributed by atoms with Crippen LogP contribution in [0.2, 0.25) is 0 Å². The van der Waals surface area contributed by atoms with Crippen LogP contribution in [0.1, 0.15) is 26.8 Å². The lowest BCUT2D eigenvalue weighted by Gasteiger charge is -2.33. The van der Waals surface area contributed by atoms with Crippen molar-refractivity contribution in [2.24, 2.45) is 0 Å². The van der Waals surface area contributed by atoms with Gasteiger partial charge in [0.1, 0.15) is 0 Å². The van der Waals surface area contributed by atoms with E-state index in [-0.39, 0.29) is 17.7 Å². The van der Waals surface area contributed by atoms with E-state index in [1.54, 1.807) is 21.9 Å². The summed E-state index contributed by atoms with van der Waals surface area (Å²) in [6.45, 7) is 3.62. The van der Waals surface area contributed by atoms with Gasteiger partial charge in [0.2, 0.25) is 5.89 Å². The molecule has 0 radical (unpaired) electrons. The predicted molar refractivity (Wildman–Crippen MR) is 95.0 cm³/mol. The van der Waals surface area contributed by atoms with Crippen molar-refractivity contribution < 1.29 is 18.4 Å². The Labute approximate surface area is 155 Å². The fraction of sp³-hybridized carbons (Fsp3) is 0.263. The highest BCUT2D eigenvalue weighted by Crippen LogP contribution is 2.19. The zero-order chi connectivity index (χ0) is 18.8. The maximum absolute atomic E-state index is 12.6. The number of aryl methyl sites for hydroxylation is 1. The van der Waals surface area contributed by atoms with Crippen LogP contribution in [0, 0.1) is 6.92 Å². The number of benzene rings is 1. The Hall–Kier alpha value is -3.42. The van der Waals surface area contributed by atoms with E-state index in [1.165, 1.54) is 6.26 Å². The minimum atomic E-state index is -0.328. The fourth-order valence-corrected chi connectivity index (χ4v) is 2.93. The molecule has 3 heterocycles. The number of hydrogen-bond donors (Lipinski definition) is 0. The first kappa shape index (κ1) is 17.0. The van der Waals surface area contributed by atoms with Gasteiger partial charge < -0.3 is 18.6 Å². The Bertz CT molecular complexity index is 939. The number of carbonyl (C=O) groups excluding carboxylic acids is 2. The normalized spacial score (nSPS) is 14.4. The van der Waals surface area contributed by atoms with Crippen LogP contribution in [0.5, 0.6) is 0 Å². The highest BCUT2D eigenvalue weighted by molar-refractivity contribution is 5.92. The Balaban J connectivity index is 1.40. The molecule has 1 aromatic carbocycles. The molecule has 0 bridgehead atoms. The van der Waals surface area contributed by atoms with Crippen molar-refractivity contribution in [1.82, 2.24) is 20.0 Å². The molecule has 0 spiro atoms. The number of rotatable bonds is 3. The van der Waals surface area contributed by atoms with Crippen LogP contribution in [-0.4, -0.2) is 58.0 Å². The molecule has 27 heavy (non-hydrogen) atoms. The van der Waals surface area contributed by atoms with Gasteiger partial charge in [-0.1, -0.05) is 17.7 Å². The van der Waals surface area contributed by atoms with Gasteiger partial charge in [-0.2, -0.15) is 0 Å². The molecule has 2 amide bonds. The molecule has 8 nitrogen and oxygen atoms in total. The van der Waals surface area contributed by atoms with E-state index in [9.17, 15) is 9.59 Å². The van der Waals surface area contributed by atoms with Gasteiger partial charge in [0.05, 0.1) is 6.26 Å². The molecule has 4 rings (SSSR count). The van der Waals surface area contributed by atoms with Gasteiger partial charge in [-0.3, -0.25) is 9.59 Å². The van der Waals surface area contributed by atoms with Crippen molar-refractivity contribution >= 4 is 11.8 Å². The van der Waals surface area contributed by atoms with Crippen LogP contribution in [-0.2, 0) is 0 Å². The van der Waals surface area contributed by atoms with Gasteiger partial charge in [-0.15, -0.1) is 10.2 Å². The Kier molecular flexibility index (Phi) is 4.45. The molecular formula is C19H18N4O4. The number of amides is 2. The Morgan fingerprint density at radius 3 is 2.22 bits per heavy atom. The monoisotopic (exact) mass is 366 g/mol. The van der Waals surface area contributed by atoms with Crippen molar-refractivity contribution in [3.8, 4) is 11.5 Å². The standard InChI is InChI=1S/C19H18N4O4/c1-13-4-6-14(7-5-13)16-20-21-17(27-16)19(25)23-10-8-22(9-11-23)18(24)15-3-2-12-26-15/h2-7,12H,8-11H2,1H3. The quantitative estimate of drug-likeness (QED) is 0.706. The molecule has 0 atom stereocenters. The topological polar surface area (TPSA) is 92.7 Å². The maximum atomic E-state index is 12.6. The molecule has 1 aliphatic heterocycles. The molecule has 0 N–H and O–H groups in total. The smallest absolute Gasteiger partial charge is 0.311 e. The molecule has 3 aromatic rings. The third-order valence-electron chi connectivity index (χ3n) is 4.49. The van der Waals surface area contributed by atoms with Crippen molar-refractivity contribution in [3.63, 3.8) is 0 Å². The van der Waals surface area contributed by atoms with Gasteiger partial charge in [0.25, 0.3) is 5.91 Å². The lowest BCUT2D eigenvalue weighted by molar-refractivity contribution is 0.0498. The van der Waals surface area contributed by atoms with Crippen LogP contribution in [0.3, 0.4) is 0 Å². The Morgan fingerprint density at radius 1 is 0.926 bits per heavy atom. The summed E-state index contributed by atoms with van der Waals surface area (Å²) in [5, 5.41) is 7.85. The first-order valence-electron chi connectivity index (χ1n) is 8.64. The number of aromatic nitrogens is 2. The molecule has 0 unspecified atom stereocenters. The lowest BCUT2D eigenvalue weighted by atomic mass is 10.1. The minimum Gasteiger partial charge on any atom is -0.459 e. The average molecular weight is 366 g/mol. The summed E-state index contributed by atoms with van der Waals surface area (Å²) in [7, 11) is 0. The second-order valence-corrected chi connectivity index (χ2v) is 6.34. The molecule has 0 saturated carbocycles. The zero-order valence-electron chi connectivity index (χ0n) is 14.8. The zero-order valence-corrected chi connectivity index (χ0v) is 14.8. The van der Waals surface area contributed by atoms with E-state index in [1.807, 2.05) is 31.2 Å². The number of piperazine rings is 1. The molecule has 2 aromatic heterocycles. The van der Waals surface area contributed by atoms with E-state index in [2.05, 4.69) is 10.2 Å². The molecule has 1 fully saturated rings. The molecular weight excluding hydrogens is 348 g/mol. The van der Waals surface area contributed by atoms with Gasteiger partial charge in [-0.25, -0.2) is 0 Å². The molecule has 8 heteroatoms. The highest BCUT2D eigenvalue weighted by atomic mass is 16.4. The number of hydrogen-bond acceptors (Lipinski definition) is 6. The van der Waals surface area contributed by atoms with Crippen molar-refractivity contribution in [3.05, 3.63) is 59.9 Å². The van der Waals surface area contributed by atoms with E-state index >= 15 is 0 Å². The summed E-state index contributed by atoms with van der Waals surface area (Å²) in [6.07, 6.45) is 1.47. The first-order chi connectivity index (χ1) is 13.1. The second-order valence-electron chi connectivity index (χ2n) is 6.34. The summed E-state index contributed by atoms with van der Waals surface area (Å²) >= 11 is 0. The van der Waals surface area contributed by atoms with E-state index < -0.39 is 0 Å². The van der Waals surface area contributed by atoms with Crippen LogP contribution in [0.4, 0.5) is 0 Å². The van der Waals surface area contributed by atoms with Gasteiger partial charge in [0.15, 0.2) is 5.76 Å². The summed E-state index contributed by atoms with van der Waals surface area (Å²) < 4.78 is 10.7. The van der Waals surface area contributed by atoms with E-state index in [0.717, 1.165) is 11.1 Å². The second kappa shape index (κ2) is 7.06. The van der Waals surface area contributed by atoms with Crippen molar-refractivity contribution in [2.75, 3.05) is 26.2 Å². The molecule has 1 aliphatic rings. The van der Waals surface area contributed by atoms with Gasteiger partial charge >= 0.3 is 11.8 Å². The van der Waals surface area contributed by atoms with Crippen LogP contribution < -0.4 is 0 Å². The maximum Gasteiger partial charge on any atom is 0.311 e. The predicted octanol–water partition coefficient (Wildman–Crippen LogP) is 2.24. The third kappa shape index (κ3) is 3.46. The minimum absolute atomic E-state index is 0.0450. The average Bonchev–Trinajstić information content (AvgIpc) is 3.40. The van der Waals surface area contributed by atoms with Crippen LogP contribution in [0.25, 0.3) is 11.5 Å². The van der Waals surface area contributed by atoms with Crippen molar-refractivity contribution in [1.29, 1.82) is 0 Å². The highest BCUT2D eigenvalue weighted by Gasteiger charge is 2.29. The number of nitrogens with zero attached hydrogens (tertiary/aromatic N) is 4. The summed E-state index contributed by atoms with van der Waals surface area (Å²) in [5.74, 6) is 0.0632. The molecule has 1 saturated heterocycles. The Morgan fingerprint density at radius 2 is 1.59 bits per heavy atom. The summed E-state index contributed by atoms with van der Waals surface area (Å²) in [4.78, 5) is 28.2. The first-order valence-corrected chi connectivity index (χ1v) is 8.64. The lowest BCUT2D eigenvalue weighted by Crippen LogP contribution is -2.50.